The van der Waals surface area contributed by atoms with E-state index in [0.717, 1.165) is 11.4 Å². The van der Waals surface area contributed by atoms with Crippen LogP contribution in [-0.2, 0) is 9.47 Å². The van der Waals surface area contributed by atoms with Crippen molar-refractivity contribution in [3.63, 3.8) is 0 Å². The van der Waals surface area contributed by atoms with Crippen LogP contribution in [0.4, 0.5) is 0 Å². The van der Waals surface area contributed by atoms with Crippen molar-refractivity contribution in [3.05, 3.63) is 22.4 Å². The van der Waals surface area contributed by atoms with Gasteiger partial charge in [-0.15, -0.1) is 11.3 Å². The maximum atomic E-state index is 9.81. The van der Waals surface area contributed by atoms with Crippen molar-refractivity contribution in [3.8, 4) is 0 Å². The average Bonchev–Trinajstić information content (AvgIpc) is 2.84. The molecule has 2 N–H and O–H groups in total. The van der Waals surface area contributed by atoms with Crippen LogP contribution in [-0.4, -0.2) is 44.1 Å². The Kier molecular flexibility index (Phi) is 4.74. The van der Waals surface area contributed by atoms with Crippen molar-refractivity contribution in [2.75, 3.05) is 32.9 Å². The molecular weight excluding hydrogens is 226 g/mol. The molecule has 90 valence electrons. The van der Waals surface area contributed by atoms with E-state index in [1.54, 1.807) is 11.3 Å². The van der Waals surface area contributed by atoms with E-state index in [4.69, 9.17) is 9.47 Å². The average molecular weight is 243 g/mol. The number of nitrogens with one attached hydrogen (secondary N) is 1. The lowest BCUT2D eigenvalue weighted by Crippen LogP contribution is -2.38. The Balaban J connectivity index is 1.63. The first kappa shape index (κ1) is 12.0. The Morgan fingerprint density at radius 2 is 2.50 bits per heavy atom. The second kappa shape index (κ2) is 6.32. The number of ether oxygens (including phenoxy) is 2. The monoisotopic (exact) mass is 243 g/mol. The minimum absolute atomic E-state index is 0.115. The van der Waals surface area contributed by atoms with E-state index in [-0.39, 0.29) is 6.10 Å². The van der Waals surface area contributed by atoms with Gasteiger partial charge in [0.2, 0.25) is 0 Å². The molecule has 2 rings (SSSR count). The molecule has 0 aliphatic carbocycles. The van der Waals surface area contributed by atoms with E-state index >= 15 is 0 Å². The van der Waals surface area contributed by atoms with Gasteiger partial charge in [-0.2, -0.15) is 0 Å². The minimum atomic E-state index is -0.426. The minimum Gasteiger partial charge on any atom is -0.386 e. The van der Waals surface area contributed by atoms with Crippen molar-refractivity contribution in [2.45, 2.75) is 12.2 Å². The Morgan fingerprint density at radius 1 is 1.56 bits per heavy atom. The molecule has 1 fully saturated rings. The van der Waals surface area contributed by atoms with Crippen LogP contribution in [0.3, 0.4) is 0 Å². The van der Waals surface area contributed by atoms with Crippen LogP contribution >= 0.6 is 11.3 Å². The molecule has 2 heterocycles. The largest absolute Gasteiger partial charge is 0.386 e. The number of hydrogen-bond donors (Lipinski definition) is 2. The van der Waals surface area contributed by atoms with Crippen molar-refractivity contribution >= 4 is 11.3 Å². The molecule has 5 heteroatoms. The molecule has 0 saturated carbocycles. The van der Waals surface area contributed by atoms with E-state index in [2.05, 4.69) is 5.32 Å². The van der Waals surface area contributed by atoms with Gasteiger partial charge in [0.1, 0.15) is 6.10 Å². The smallest absolute Gasteiger partial charge is 0.101 e. The van der Waals surface area contributed by atoms with Gasteiger partial charge in [0, 0.05) is 18.0 Å². The number of rotatable bonds is 5. The van der Waals surface area contributed by atoms with E-state index in [1.807, 2.05) is 17.5 Å². The zero-order chi connectivity index (χ0) is 11.2. The van der Waals surface area contributed by atoms with Crippen LogP contribution in [0.2, 0.25) is 0 Å². The van der Waals surface area contributed by atoms with Gasteiger partial charge >= 0.3 is 0 Å². The summed E-state index contributed by atoms with van der Waals surface area (Å²) in [6.45, 7) is 3.28. The van der Waals surface area contributed by atoms with Crippen LogP contribution in [0.1, 0.15) is 11.0 Å². The van der Waals surface area contributed by atoms with Crippen molar-refractivity contribution in [2.24, 2.45) is 0 Å². The predicted octanol–water partition coefficient (Wildman–Crippen LogP) is 0.786. The highest BCUT2D eigenvalue weighted by Gasteiger charge is 2.14. The van der Waals surface area contributed by atoms with E-state index in [9.17, 15) is 5.11 Å². The van der Waals surface area contributed by atoms with Gasteiger partial charge in [0.15, 0.2) is 0 Å². The van der Waals surface area contributed by atoms with Crippen LogP contribution < -0.4 is 5.32 Å². The van der Waals surface area contributed by atoms with Crippen LogP contribution in [0.25, 0.3) is 0 Å². The van der Waals surface area contributed by atoms with Gasteiger partial charge in [-0.3, -0.25) is 0 Å². The molecule has 1 aromatic rings. The summed E-state index contributed by atoms with van der Waals surface area (Å²) >= 11 is 1.57. The molecular formula is C11H17NO3S. The molecule has 16 heavy (non-hydrogen) atoms. The van der Waals surface area contributed by atoms with Crippen LogP contribution in [0, 0.1) is 0 Å². The standard InChI is InChI=1S/C11H17NO3S/c13-10(11-2-1-5-16-11)7-12-6-9-8-14-3-4-15-9/h1-2,5,9-10,12-13H,3-4,6-8H2. The molecule has 1 aliphatic rings. The summed E-state index contributed by atoms with van der Waals surface area (Å²) in [5.41, 5.74) is 0. The lowest BCUT2D eigenvalue weighted by molar-refractivity contribution is -0.0868. The topological polar surface area (TPSA) is 50.7 Å². The van der Waals surface area contributed by atoms with Crippen molar-refractivity contribution < 1.29 is 14.6 Å². The summed E-state index contributed by atoms with van der Waals surface area (Å²) < 4.78 is 10.8. The summed E-state index contributed by atoms with van der Waals surface area (Å²) in [5.74, 6) is 0. The summed E-state index contributed by atoms with van der Waals surface area (Å²) in [4.78, 5) is 0.994. The lowest BCUT2D eigenvalue weighted by Gasteiger charge is -2.23. The first-order valence-electron chi connectivity index (χ1n) is 5.48. The van der Waals surface area contributed by atoms with Gasteiger partial charge in [0.05, 0.1) is 25.9 Å². The van der Waals surface area contributed by atoms with Crippen molar-refractivity contribution in [1.29, 1.82) is 0 Å². The first-order chi connectivity index (χ1) is 7.86. The molecule has 4 nitrogen and oxygen atoms in total. The Bertz CT molecular complexity index is 285. The molecule has 2 atom stereocenters. The second-order valence-electron chi connectivity index (χ2n) is 3.76. The summed E-state index contributed by atoms with van der Waals surface area (Å²) in [6.07, 6.45) is -0.311. The fraction of sp³-hybridized carbons (Fsp3) is 0.636. The summed E-state index contributed by atoms with van der Waals surface area (Å²) in [5, 5.41) is 15.0. The number of aliphatic hydroxyl groups is 1. The third-order valence-electron chi connectivity index (χ3n) is 2.47. The summed E-state index contributed by atoms with van der Waals surface area (Å²) in [7, 11) is 0. The number of hydrogen-bond acceptors (Lipinski definition) is 5. The summed E-state index contributed by atoms with van der Waals surface area (Å²) in [6, 6.07) is 3.89. The molecule has 0 bridgehead atoms. The highest BCUT2D eigenvalue weighted by Crippen LogP contribution is 2.17. The molecule has 0 aromatic carbocycles. The van der Waals surface area contributed by atoms with Crippen LogP contribution in [0.5, 0.6) is 0 Å². The zero-order valence-electron chi connectivity index (χ0n) is 9.09. The van der Waals surface area contributed by atoms with Gasteiger partial charge in [-0.05, 0) is 11.4 Å². The molecule has 1 aliphatic heterocycles. The third kappa shape index (κ3) is 3.54. The maximum absolute atomic E-state index is 9.81. The number of aliphatic hydroxyl groups excluding tert-OH is 1. The first-order valence-corrected chi connectivity index (χ1v) is 6.36. The maximum Gasteiger partial charge on any atom is 0.101 e. The van der Waals surface area contributed by atoms with Crippen LogP contribution in [0.15, 0.2) is 17.5 Å². The SMILES string of the molecule is OC(CNCC1COCCO1)c1cccs1. The Hall–Kier alpha value is -0.460. The van der Waals surface area contributed by atoms with Gasteiger partial charge in [-0.25, -0.2) is 0 Å². The molecule has 1 saturated heterocycles. The van der Waals surface area contributed by atoms with E-state index < -0.39 is 6.10 Å². The zero-order valence-corrected chi connectivity index (χ0v) is 9.91. The van der Waals surface area contributed by atoms with Gasteiger partial charge in [0.25, 0.3) is 0 Å². The predicted molar refractivity (Wildman–Crippen MR) is 62.7 cm³/mol. The highest BCUT2D eigenvalue weighted by atomic mass is 32.1. The van der Waals surface area contributed by atoms with E-state index in [0.29, 0.717) is 26.4 Å². The number of thiophene rings is 1. The highest BCUT2D eigenvalue weighted by molar-refractivity contribution is 7.10. The fourth-order valence-electron chi connectivity index (χ4n) is 1.62. The quantitative estimate of drug-likeness (QED) is 0.802. The fourth-order valence-corrected chi connectivity index (χ4v) is 2.33. The molecule has 0 amide bonds. The molecule has 0 radical (unpaired) electrons. The molecule has 1 aromatic heterocycles. The lowest BCUT2D eigenvalue weighted by atomic mass is 10.3. The van der Waals surface area contributed by atoms with Gasteiger partial charge < -0.3 is 19.9 Å². The second-order valence-corrected chi connectivity index (χ2v) is 4.74. The normalized spacial score (nSPS) is 23.2. The van der Waals surface area contributed by atoms with Crippen molar-refractivity contribution in [1.82, 2.24) is 5.32 Å². The molecule has 0 spiro atoms. The van der Waals surface area contributed by atoms with Gasteiger partial charge in [-0.1, -0.05) is 6.07 Å². The third-order valence-corrected chi connectivity index (χ3v) is 3.44. The van der Waals surface area contributed by atoms with E-state index in [1.165, 1.54) is 0 Å². The molecule has 2 unspecified atom stereocenters. The Labute approximate surface area is 99.2 Å². The Morgan fingerprint density at radius 3 is 3.19 bits per heavy atom.